The number of likely N-dealkylation sites (tertiary alicyclic amines) is 1. The summed E-state index contributed by atoms with van der Waals surface area (Å²) in [5.41, 5.74) is 0. The highest BCUT2D eigenvalue weighted by atomic mass is 16.3. The Morgan fingerprint density at radius 2 is 2.07 bits per heavy atom. The molecule has 3 heteroatoms. The van der Waals surface area contributed by atoms with E-state index in [-0.39, 0.29) is 18.2 Å². The van der Waals surface area contributed by atoms with Gasteiger partial charge in [-0.05, 0) is 32.7 Å². The monoisotopic (exact) mass is 201 g/mol. The largest absolute Gasteiger partial charge is 0.392 e. The molecule has 3 atom stereocenters. The smallest absolute Gasteiger partial charge is 0.0667 e. The van der Waals surface area contributed by atoms with Crippen LogP contribution in [0, 0.1) is 0 Å². The molecular weight excluding hydrogens is 178 g/mol. The van der Waals surface area contributed by atoms with E-state index in [2.05, 4.69) is 4.90 Å². The average Bonchev–Trinajstić information content (AvgIpc) is 2.18. The lowest BCUT2D eigenvalue weighted by Crippen LogP contribution is -2.48. The average molecular weight is 201 g/mol. The number of piperidine rings is 1. The summed E-state index contributed by atoms with van der Waals surface area (Å²) in [7, 11) is 0. The van der Waals surface area contributed by atoms with E-state index in [4.69, 9.17) is 0 Å². The zero-order chi connectivity index (χ0) is 10.6. The first-order chi connectivity index (χ1) is 6.65. The second-order valence-electron chi connectivity index (χ2n) is 4.36. The molecule has 84 valence electrons. The Balaban J connectivity index is 2.45. The number of β-amino-alcohol motifs (C(OH)–C–C–N with tert-alkyl or cyclic N) is 1. The van der Waals surface area contributed by atoms with Crippen LogP contribution >= 0.6 is 0 Å². The van der Waals surface area contributed by atoms with Gasteiger partial charge in [0.2, 0.25) is 0 Å². The van der Waals surface area contributed by atoms with Gasteiger partial charge in [0, 0.05) is 12.6 Å². The van der Waals surface area contributed by atoms with Gasteiger partial charge in [-0.25, -0.2) is 0 Å². The molecule has 1 rings (SSSR count). The summed E-state index contributed by atoms with van der Waals surface area (Å²) < 4.78 is 0. The quantitative estimate of drug-likeness (QED) is 0.713. The lowest BCUT2D eigenvalue weighted by molar-refractivity contribution is 0.00747. The molecule has 0 spiro atoms. The molecule has 0 aromatic heterocycles. The number of aliphatic hydroxyl groups is 2. The molecule has 1 aliphatic rings. The maximum Gasteiger partial charge on any atom is 0.0667 e. The summed E-state index contributed by atoms with van der Waals surface area (Å²) in [4.78, 5) is 2.24. The van der Waals surface area contributed by atoms with Crippen molar-refractivity contribution in [2.75, 3.05) is 13.1 Å². The van der Waals surface area contributed by atoms with Crippen molar-refractivity contribution in [2.45, 2.75) is 57.8 Å². The van der Waals surface area contributed by atoms with Crippen molar-refractivity contribution in [2.24, 2.45) is 0 Å². The molecule has 2 unspecified atom stereocenters. The van der Waals surface area contributed by atoms with E-state index in [1.807, 2.05) is 13.8 Å². The minimum absolute atomic E-state index is 0.241. The fourth-order valence-electron chi connectivity index (χ4n) is 2.19. The van der Waals surface area contributed by atoms with E-state index in [1.165, 1.54) is 12.8 Å². The minimum Gasteiger partial charge on any atom is -0.392 e. The number of nitrogens with zero attached hydrogens (tertiary/aromatic N) is 1. The van der Waals surface area contributed by atoms with Crippen molar-refractivity contribution in [3.63, 3.8) is 0 Å². The maximum atomic E-state index is 9.61. The number of aliphatic hydroxyl groups excluding tert-OH is 2. The van der Waals surface area contributed by atoms with Crippen LogP contribution in [-0.4, -0.2) is 46.5 Å². The van der Waals surface area contributed by atoms with Crippen LogP contribution in [0.15, 0.2) is 0 Å². The Hall–Kier alpha value is -0.120. The van der Waals surface area contributed by atoms with Crippen molar-refractivity contribution >= 4 is 0 Å². The molecule has 1 saturated heterocycles. The van der Waals surface area contributed by atoms with E-state index >= 15 is 0 Å². The van der Waals surface area contributed by atoms with Gasteiger partial charge in [0.05, 0.1) is 12.2 Å². The Morgan fingerprint density at radius 1 is 1.36 bits per heavy atom. The van der Waals surface area contributed by atoms with E-state index in [9.17, 15) is 10.2 Å². The molecule has 14 heavy (non-hydrogen) atoms. The van der Waals surface area contributed by atoms with Crippen molar-refractivity contribution in [3.8, 4) is 0 Å². The van der Waals surface area contributed by atoms with Crippen molar-refractivity contribution in [3.05, 3.63) is 0 Å². The minimum atomic E-state index is -0.278. The van der Waals surface area contributed by atoms with Crippen LogP contribution in [0.3, 0.4) is 0 Å². The Kier molecular flexibility index (Phi) is 4.85. The molecule has 1 aliphatic heterocycles. The fourth-order valence-corrected chi connectivity index (χ4v) is 2.19. The summed E-state index contributed by atoms with van der Waals surface area (Å²) >= 11 is 0. The first-order valence-corrected chi connectivity index (χ1v) is 5.75. The third-order valence-corrected chi connectivity index (χ3v) is 3.14. The number of rotatable bonds is 4. The second kappa shape index (κ2) is 5.69. The van der Waals surface area contributed by atoms with Crippen LogP contribution in [0.4, 0.5) is 0 Å². The van der Waals surface area contributed by atoms with E-state index < -0.39 is 0 Å². The number of hydrogen-bond acceptors (Lipinski definition) is 3. The van der Waals surface area contributed by atoms with Gasteiger partial charge in [-0.15, -0.1) is 0 Å². The van der Waals surface area contributed by atoms with Gasteiger partial charge < -0.3 is 10.2 Å². The normalized spacial score (nSPS) is 28.7. The highest BCUT2D eigenvalue weighted by Crippen LogP contribution is 2.20. The molecule has 1 heterocycles. The van der Waals surface area contributed by atoms with Crippen LogP contribution < -0.4 is 0 Å². The standard InChI is InChI=1S/C11H23NO2/c1-3-10(14)8-12-7-5-4-6-11(12)9(2)13/h9-11,13-14H,3-8H2,1-2H3/t9?,10-,11?/m1/s1. The molecule has 0 aliphatic carbocycles. The SMILES string of the molecule is CC[C@@H](O)CN1CCCCC1C(C)O. The predicted octanol–water partition coefficient (Wildman–Crippen LogP) is 0.993. The third kappa shape index (κ3) is 3.23. The lowest BCUT2D eigenvalue weighted by Gasteiger charge is -2.38. The van der Waals surface area contributed by atoms with Gasteiger partial charge in [-0.2, -0.15) is 0 Å². The van der Waals surface area contributed by atoms with E-state index in [1.54, 1.807) is 0 Å². The van der Waals surface area contributed by atoms with Crippen molar-refractivity contribution in [1.82, 2.24) is 4.90 Å². The molecule has 0 aromatic rings. The van der Waals surface area contributed by atoms with Crippen molar-refractivity contribution < 1.29 is 10.2 Å². The van der Waals surface area contributed by atoms with Gasteiger partial charge in [0.1, 0.15) is 0 Å². The molecule has 2 N–H and O–H groups in total. The third-order valence-electron chi connectivity index (χ3n) is 3.14. The summed E-state index contributed by atoms with van der Waals surface area (Å²) in [5.74, 6) is 0. The van der Waals surface area contributed by atoms with Gasteiger partial charge in [0.25, 0.3) is 0 Å². The van der Waals surface area contributed by atoms with Gasteiger partial charge in [-0.1, -0.05) is 13.3 Å². The van der Waals surface area contributed by atoms with Crippen molar-refractivity contribution in [1.29, 1.82) is 0 Å². The zero-order valence-corrected chi connectivity index (χ0v) is 9.32. The van der Waals surface area contributed by atoms with Crippen LogP contribution in [0.5, 0.6) is 0 Å². The fraction of sp³-hybridized carbons (Fsp3) is 1.00. The number of hydrogen-bond donors (Lipinski definition) is 2. The molecular formula is C11H23NO2. The Morgan fingerprint density at radius 3 is 2.64 bits per heavy atom. The summed E-state index contributed by atoms with van der Waals surface area (Å²) in [6.07, 6.45) is 3.74. The molecule has 0 saturated carbocycles. The highest BCUT2D eigenvalue weighted by molar-refractivity contribution is 4.81. The molecule has 0 aromatic carbocycles. The van der Waals surface area contributed by atoms with Gasteiger partial charge in [0.15, 0.2) is 0 Å². The molecule has 0 bridgehead atoms. The van der Waals surface area contributed by atoms with Crippen LogP contribution in [0.1, 0.15) is 39.5 Å². The lowest BCUT2D eigenvalue weighted by atomic mass is 9.97. The predicted molar refractivity (Wildman–Crippen MR) is 57.2 cm³/mol. The summed E-state index contributed by atoms with van der Waals surface area (Å²) in [6.45, 7) is 5.58. The van der Waals surface area contributed by atoms with Crippen LogP contribution in [0.25, 0.3) is 0 Å². The van der Waals surface area contributed by atoms with Crippen LogP contribution in [0.2, 0.25) is 0 Å². The van der Waals surface area contributed by atoms with Crippen LogP contribution in [-0.2, 0) is 0 Å². The topological polar surface area (TPSA) is 43.7 Å². The molecule has 0 radical (unpaired) electrons. The molecule has 3 nitrogen and oxygen atoms in total. The maximum absolute atomic E-state index is 9.61. The van der Waals surface area contributed by atoms with Gasteiger partial charge in [-0.3, -0.25) is 4.90 Å². The Bertz CT molecular complexity index is 161. The summed E-state index contributed by atoms with van der Waals surface area (Å²) in [5, 5.41) is 19.2. The van der Waals surface area contributed by atoms with E-state index in [0.29, 0.717) is 6.54 Å². The Labute approximate surface area is 86.7 Å². The first kappa shape index (κ1) is 12.0. The van der Waals surface area contributed by atoms with Gasteiger partial charge >= 0.3 is 0 Å². The van der Waals surface area contributed by atoms with E-state index in [0.717, 1.165) is 19.4 Å². The molecule has 1 fully saturated rings. The molecule has 0 amide bonds. The summed E-state index contributed by atoms with van der Waals surface area (Å²) in [6, 6.07) is 0.255. The first-order valence-electron chi connectivity index (χ1n) is 5.75. The zero-order valence-electron chi connectivity index (χ0n) is 9.32. The highest BCUT2D eigenvalue weighted by Gasteiger charge is 2.26. The second-order valence-corrected chi connectivity index (χ2v) is 4.36.